The molecule has 2 aromatic carbocycles. The van der Waals surface area contributed by atoms with Crippen LogP contribution in [0.2, 0.25) is 0 Å². The summed E-state index contributed by atoms with van der Waals surface area (Å²) in [5, 5.41) is 11.7. The molecule has 0 spiro atoms. The fourth-order valence-electron chi connectivity index (χ4n) is 2.34. The van der Waals surface area contributed by atoms with E-state index in [-0.39, 0.29) is 18.0 Å². The van der Waals surface area contributed by atoms with Gasteiger partial charge in [0.05, 0.1) is 11.1 Å². The summed E-state index contributed by atoms with van der Waals surface area (Å²) in [6.07, 6.45) is 0. The zero-order valence-corrected chi connectivity index (χ0v) is 12.2. The minimum atomic E-state index is -0.999. The first-order valence-electron chi connectivity index (χ1n) is 7.14. The number of carbonyl (C=O) groups excluding carboxylic acids is 1. The van der Waals surface area contributed by atoms with Gasteiger partial charge in [-0.3, -0.25) is 4.79 Å². The van der Waals surface area contributed by atoms with E-state index < -0.39 is 5.97 Å². The van der Waals surface area contributed by atoms with E-state index in [1.54, 1.807) is 30.3 Å². The van der Waals surface area contributed by atoms with Gasteiger partial charge in [0.25, 0.3) is 5.91 Å². The summed E-state index contributed by atoms with van der Waals surface area (Å²) in [4.78, 5) is 23.3. The van der Waals surface area contributed by atoms with Crippen LogP contribution in [0.15, 0.2) is 42.5 Å². The number of aromatic carboxylic acids is 1. The Bertz CT molecular complexity index is 756. The molecule has 0 radical (unpaired) electrons. The van der Waals surface area contributed by atoms with Crippen molar-refractivity contribution in [2.75, 3.05) is 13.2 Å². The average Bonchev–Trinajstić information content (AvgIpc) is 2.59. The highest BCUT2D eigenvalue weighted by Gasteiger charge is 2.20. The molecule has 0 unspecified atom stereocenters. The lowest BCUT2D eigenvalue weighted by molar-refractivity contribution is 0.0696. The monoisotopic (exact) mass is 313 g/mol. The number of nitrogens with one attached hydrogen (secondary N) is 1. The molecule has 2 N–H and O–H groups in total. The second kappa shape index (κ2) is 6.39. The molecule has 6 nitrogen and oxygen atoms in total. The Morgan fingerprint density at radius 2 is 1.87 bits per heavy atom. The van der Waals surface area contributed by atoms with Crippen LogP contribution in [0.5, 0.6) is 11.5 Å². The number of para-hydroxylation sites is 1. The average molecular weight is 313 g/mol. The number of carboxylic acid groups (broad SMARTS) is 1. The summed E-state index contributed by atoms with van der Waals surface area (Å²) in [7, 11) is 0. The SMILES string of the molecule is O=C(O)c1cccc(CNC(=O)c2cccc3c2OCCO3)c1. The lowest BCUT2D eigenvalue weighted by Crippen LogP contribution is -2.25. The van der Waals surface area contributed by atoms with Crippen molar-refractivity contribution in [3.8, 4) is 11.5 Å². The molecule has 1 amide bonds. The molecule has 6 heteroatoms. The predicted molar refractivity (Wildman–Crippen MR) is 82.0 cm³/mol. The van der Waals surface area contributed by atoms with Gasteiger partial charge in [-0.05, 0) is 29.8 Å². The van der Waals surface area contributed by atoms with E-state index in [0.717, 1.165) is 0 Å². The number of amides is 1. The van der Waals surface area contributed by atoms with E-state index in [4.69, 9.17) is 14.6 Å². The van der Waals surface area contributed by atoms with E-state index in [0.29, 0.717) is 35.8 Å². The third-order valence-corrected chi connectivity index (χ3v) is 3.44. The first-order chi connectivity index (χ1) is 11.1. The molecule has 0 saturated carbocycles. The molecular formula is C17H15NO5. The van der Waals surface area contributed by atoms with E-state index >= 15 is 0 Å². The van der Waals surface area contributed by atoms with Crippen LogP contribution in [0, 0.1) is 0 Å². The second-order valence-electron chi connectivity index (χ2n) is 5.02. The van der Waals surface area contributed by atoms with E-state index in [2.05, 4.69) is 5.32 Å². The van der Waals surface area contributed by atoms with Gasteiger partial charge in [0, 0.05) is 6.54 Å². The molecule has 2 aromatic rings. The first kappa shape index (κ1) is 14.9. The fourth-order valence-corrected chi connectivity index (χ4v) is 2.34. The molecule has 23 heavy (non-hydrogen) atoms. The Morgan fingerprint density at radius 3 is 2.70 bits per heavy atom. The van der Waals surface area contributed by atoms with Crippen molar-refractivity contribution in [1.29, 1.82) is 0 Å². The molecule has 118 valence electrons. The maximum atomic E-state index is 12.3. The van der Waals surface area contributed by atoms with Crippen LogP contribution in [0.4, 0.5) is 0 Å². The molecule has 0 aromatic heterocycles. The minimum Gasteiger partial charge on any atom is -0.486 e. The van der Waals surface area contributed by atoms with Crippen LogP contribution in [0.25, 0.3) is 0 Å². The summed E-state index contributed by atoms with van der Waals surface area (Å²) < 4.78 is 11.0. The third-order valence-electron chi connectivity index (χ3n) is 3.44. The standard InChI is InChI=1S/C17H15NO5/c19-16(13-5-2-6-14-15(13)23-8-7-22-14)18-10-11-3-1-4-12(9-11)17(20)21/h1-6,9H,7-8,10H2,(H,18,19)(H,20,21). The molecule has 0 atom stereocenters. The normalized spacial score (nSPS) is 12.5. The molecular weight excluding hydrogens is 298 g/mol. The summed E-state index contributed by atoms with van der Waals surface area (Å²) in [6, 6.07) is 11.6. The molecule has 0 saturated heterocycles. The predicted octanol–water partition coefficient (Wildman–Crippen LogP) is 2.09. The Balaban J connectivity index is 1.73. The van der Waals surface area contributed by atoms with Gasteiger partial charge in [-0.1, -0.05) is 18.2 Å². The quantitative estimate of drug-likeness (QED) is 0.903. The topological polar surface area (TPSA) is 84.9 Å². The molecule has 1 aliphatic heterocycles. The number of fused-ring (bicyclic) bond motifs is 1. The van der Waals surface area contributed by atoms with Crippen molar-refractivity contribution in [3.05, 3.63) is 59.2 Å². The van der Waals surface area contributed by atoms with Crippen molar-refractivity contribution in [2.24, 2.45) is 0 Å². The maximum Gasteiger partial charge on any atom is 0.335 e. The summed E-state index contributed by atoms with van der Waals surface area (Å²) in [5.41, 5.74) is 1.29. The van der Waals surface area contributed by atoms with Crippen molar-refractivity contribution in [1.82, 2.24) is 5.32 Å². The Kier molecular flexibility index (Phi) is 4.14. The zero-order valence-electron chi connectivity index (χ0n) is 12.2. The van der Waals surface area contributed by atoms with Gasteiger partial charge >= 0.3 is 5.97 Å². The van der Waals surface area contributed by atoms with Crippen LogP contribution < -0.4 is 14.8 Å². The van der Waals surface area contributed by atoms with Crippen molar-refractivity contribution in [3.63, 3.8) is 0 Å². The zero-order chi connectivity index (χ0) is 16.2. The molecule has 0 bridgehead atoms. The summed E-state index contributed by atoms with van der Waals surface area (Å²) in [5.74, 6) is -0.304. The van der Waals surface area contributed by atoms with Gasteiger partial charge in [-0.15, -0.1) is 0 Å². The lowest BCUT2D eigenvalue weighted by atomic mass is 10.1. The number of hydrogen-bond acceptors (Lipinski definition) is 4. The van der Waals surface area contributed by atoms with E-state index in [1.165, 1.54) is 12.1 Å². The van der Waals surface area contributed by atoms with Crippen LogP contribution in [-0.2, 0) is 6.54 Å². The first-order valence-corrected chi connectivity index (χ1v) is 7.14. The fraction of sp³-hybridized carbons (Fsp3) is 0.176. The van der Waals surface area contributed by atoms with Gasteiger partial charge in [0.15, 0.2) is 11.5 Å². The van der Waals surface area contributed by atoms with Crippen LogP contribution >= 0.6 is 0 Å². The minimum absolute atomic E-state index is 0.186. The Hall–Kier alpha value is -3.02. The number of ether oxygens (including phenoxy) is 2. The Labute approximate surface area is 132 Å². The second-order valence-corrected chi connectivity index (χ2v) is 5.02. The number of hydrogen-bond donors (Lipinski definition) is 2. The number of carboxylic acids is 1. The third kappa shape index (κ3) is 3.26. The maximum absolute atomic E-state index is 12.3. The van der Waals surface area contributed by atoms with Crippen molar-refractivity contribution in [2.45, 2.75) is 6.54 Å². The van der Waals surface area contributed by atoms with E-state index in [1.807, 2.05) is 0 Å². The Morgan fingerprint density at radius 1 is 1.09 bits per heavy atom. The smallest absolute Gasteiger partial charge is 0.335 e. The van der Waals surface area contributed by atoms with Crippen LogP contribution in [-0.4, -0.2) is 30.2 Å². The molecule has 1 heterocycles. The van der Waals surface area contributed by atoms with Crippen molar-refractivity contribution >= 4 is 11.9 Å². The highest BCUT2D eigenvalue weighted by Crippen LogP contribution is 2.33. The largest absolute Gasteiger partial charge is 0.486 e. The molecule has 0 aliphatic carbocycles. The van der Waals surface area contributed by atoms with E-state index in [9.17, 15) is 9.59 Å². The number of rotatable bonds is 4. The van der Waals surface area contributed by atoms with Crippen molar-refractivity contribution < 1.29 is 24.2 Å². The highest BCUT2D eigenvalue weighted by atomic mass is 16.6. The van der Waals surface area contributed by atoms with Gasteiger partial charge < -0.3 is 19.9 Å². The van der Waals surface area contributed by atoms with Gasteiger partial charge in [0.1, 0.15) is 13.2 Å². The molecule has 3 rings (SSSR count). The molecule has 0 fully saturated rings. The highest BCUT2D eigenvalue weighted by molar-refractivity contribution is 5.97. The van der Waals surface area contributed by atoms with Crippen LogP contribution in [0.3, 0.4) is 0 Å². The van der Waals surface area contributed by atoms with Crippen LogP contribution in [0.1, 0.15) is 26.3 Å². The van der Waals surface area contributed by atoms with Gasteiger partial charge in [-0.2, -0.15) is 0 Å². The van der Waals surface area contributed by atoms with Gasteiger partial charge in [0.2, 0.25) is 0 Å². The number of carbonyl (C=O) groups is 2. The summed E-state index contributed by atoms with van der Waals surface area (Å²) in [6.45, 7) is 1.09. The molecule has 1 aliphatic rings. The number of benzene rings is 2. The lowest BCUT2D eigenvalue weighted by Gasteiger charge is -2.20. The summed E-state index contributed by atoms with van der Waals surface area (Å²) >= 11 is 0. The van der Waals surface area contributed by atoms with Gasteiger partial charge in [-0.25, -0.2) is 4.79 Å².